The number of benzene rings is 2. The Labute approximate surface area is 178 Å². The van der Waals surface area contributed by atoms with E-state index in [0.29, 0.717) is 22.5 Å². The van der Waals surface area contributed by atoms with Crippen molar-refractivity contribution in [2.45, 2.75) is 44.6 Å². The van der Waals surface area contributed by atoms with Gasteiger partial charge in [-0.3, -0.25) is 5.32 Å². The van der Waals surface area contributed by atoms with Crippen LogP contribution in [0.15, 0.2) is 36.4 Å². The number of thiazole rings is 1. The van der Waals surface area contributed by atoms with Crippen molar-refractivity contribution in [1.29, 1.82) is 0 Å². The highest BCUT2D eigenvalue weighted by Crippen LogP contribution is 2.51. The Morgan fingerprint density at radius 3 is 2.97 bits per heavy atom. The zero-order valence-electron chi connectivity index (χ0n) is 16.9. The molecule has 2 aliphatic carbocycles. The van der Waals surface area contributed by atoms with E-state index in [1.165, 1.54) is 29.0 Å². The molecule has 2 bridgehead atoms. The lowest BCUT2D eigenvalue weighted by Gasteiger charge is -2.53. The van der Waals surface area contributed by atoms with Gasteiger partial charge >= 0.3 is 6.03 Å². The largest absolute Gasteiger partial charge is 0.508 e. The van der Waals surface area contributed by atoms with E-state index in [2.05, 4.69) is 29.5 Å². The van der Waals surface area contributed by atoms with Gasteiger partial charge < -0.3 is 10.4 Å². The van der Waals surface area contributed by atoms with Crippen LogP contribution >= 0.6 is 11.3 Å². The predicted octanol–water partition coefficient (Wildman–Crippen LogP) is 5.19. The normalized spacial score (nSPS) is 27.5. The van der Waals surface area contributed by atoms with Crippen LogP contribution in [0.25, 0.3) is 10.2 Å². The Bertz CT molecular complexity index is 1150. The molecule has 0 saturated heterocycles. The fourth-order valence-electron chi connectivity index (χ4n) is 5.34. The zero-order chi connectivity index (χ0) is 21.0. The summed E-state index contributed by atoms with van der Waals surface area (Å²) in [6.45, 7) is 4.44. The van der Waals surface area contributed by atoms with Crippen molar-refractivity contribution in [3.63, 3.8) is 0 Å². The second-order valence-electron chi connectivity index (χ2n) is 8.85. The van der Waals surface area contributed by atoms with Gasteiger partial charge in [-0.05, 0) is 66.5 Å². The second-order valence-corrected chi connectivity index (χ2v) is 9.88. The number of urea groups is 1. The van der Waals surface area contributed by atoms with Gasteiger partial charge in [0.1, 0.15) is 11.6 Å². The van der Waals surface area contributed by atoms with Crippen LogP contribution < -0.4 is 10.6 Å². The van der Waals surface area contributed by atoms with E-state index in [4.69, 9.17) is 0 Å². The van der Waals surface area contributed by atoms with Crippen LogP contribution in [0.1, 0.15) is 37.8 Å². The Morgan fingerprint density at radius 1 is 1.30 bits per heavy atom. The number of hydrogen-bond donors (Lipinski definition) is 3. The molecule has 0 spiro atoms. The van der Waals surface area contributed by atoms with Crippen molar-refractivity contribution in [2.24, 2.45) is 11.8 Å². The molecule has 2 amide bonds. The van der Waals surface area contributed by atoms with Gasteiger partial charge in [0.2, 0.25) is 0 Å². The van der Waals surface area contributed by atoms with Crippen LogP contribution in [0.3, 0.4) is 0 Å². The Morgan fingerprint density at radius 2 is 2.13 bits per heavy atom. The van der Waals surface area contributed by atoms with Gasteiger partial charge in [0.05, 0.1) is 10.2 Å². The minimum atomic E-state index is -0.345. The highest BCUT2D eigenvalue weighted by Gasteiger charge is 2.51. The molecule has 5 rings (SSSR count). The standard InChI is InChI=1S/C23H24FN3O2S/c1-12-7-8-23(2)17-11-15(28)5-3-13(17)9-16(12)20(23)26-21(29)27-22-25-18-10-14(24)4-6-19(18)30-22/h3-6,10-12,16,20,28H,7-9H2,1-2H3,(H2,25,26,27,29). The molecule has 7 heteroatoms. The highest BCUT2D eigenvalue weighted by molar-refractivity contribution is 7.22. The SMILES string of the molecule is CC1CCC2(C)c3cc(O)ccc3CC1C2NC(=O)Nc1nc2cc(F)ccc2s1. The Kier molecular flexibility index (Phi) is 4.47. The molecular weight excluding hydrogens is 401 g/mol. The van der Waals surface area contributed by atoms with E-state index in [1.54, 1.807) is 12.1 Å². The maximum absolute atomic E-state index is 13.4. The first-order chi connectivity index (χ1) is 14.3. The number of carbonyl (C=O) groups excluding carboxylic acids is 1. The maximum Gasteiger partial charge on any atom is 0.321 e. The van der Waals surface area contributed by atoms with Gasteiger partial charge in [-0.2, -0.15) is 0 Å². The van der Waals surface area contributed by atoms with Crippen molar-refractivity contribution in [3.05, 3.63) is 53.3 Å². The summed E-state index contributed by atoms with van der Waals surface area (Å²) in [6, 6.07) is 9.72. The first kappa shape index (κ1) is 19.3. The van der Waals surface area contributed by atoms with E-state index >= 15 is 0 Å². The molecule has 0 radical (unpaired) electrons. The monoisotopic (exact) mass is 425 g/mol. The summed E-state index contributed by atoms with van der Waals surface area (Å²) >= 11 is 1.33. The molecule has 30 heavy (non-hydrogen) atoms. The molecule has 2 aliphatic rings. The number of hydrogen-bond acceptors (Lipinski definition) is 4. The number of nitrogens with zero attached hydrogens (tertiary/aromatic N) is 1. The first-order valence-electron chi connectivity index (χ1n) is 10.3. The van der Waals surface area contributed by atoms with Crippen molar-refractivity contribution >= 4 is 32.7 Å². The van der Waals surface area contributed by atoms with Crippen LogP contribution in [0, 0.1) is 17.7 Å². The third-order valence-electron chi connectivity index (χ3n) is 6.99. The number of aromatic nitrogens is 1. The molecule has 1 heterocycles. The number of anilines is 1. The summed E-state index contributed by atoms with van der Waals surface area (Å²) in [5, 5.41) is 16.6. The smallest absolute Gasteiger partial charge is 0.321 e. The lowest BCUT2D eigenvalue weighted by molar-refractivity contribution is 0.0995. The molecule has 4 atom stereocenters. The average Bonchev–Trinajstić information content (AvgIpc) is 3.09. The molecule has 3 N–H and O–H groups in total. The predicted molar refractivity (Wildman–Crippen MR) is 117 cm³/mol. The van der Waals surface area contributed by atoms with Gasteiger partial charge in [0.25, 0.3) is 0 Å². The quantitative estimate of drug-likeness (QED) is 0.529. The molecule has 1 fully saturated rings. The van der Waals surface area contributed by atoms with Gasteiger partial charge in [-0.1, -0.05) is 31.3 Å². The molecule has 2 aromatic carbocycles. The number of rotatable bonds is 2. The van der Waals surface area contributed by atoms with Crippen LogP contribution in [0.2, 0.25) is 0 Å². The Balaban J connectivity index is 1.41. The van der Waals surface area contributed by atoms with E-state index < -0.39 is 0 Å². The summed E-state index contributed by atoms with van der Waals surface area (Å²) < 4.78 is 14.2. The lowest BCUT2D eigenvalue weighted by atomic mass is 9.54. The lowest BCUT2D eigenvalue weighted by Crippen LogP contribution is -2.61. The van der Waals surface area contributed by atoms with Crippen LogP contribution in [-0.2, 0) is 11.8 Å². The summed E-state index contributed by atoms with van der Waals surface area (Å²) in [5.41, 5.74) is 2.69. The summed E-state index contributed by atoms with van der Waals surface area (Å²) in [4.78, 5) is 17.2. The second kappa shape index (κ2) is 6.94. The first-order valence-corrected chi connectivity index (χ1v) is 11.1. The molecule has 156 valence electrons. The van der Waals surface area contributed by atoms with Gasteiger partial charge in [-0.15, -0.1) is 0 Å². The minimum absolute atomic E-state index is 0.0395. The van der Waals surface area contributed by atoms with E-state index in [-0.39, 0.29) is 29.1 Å². The van der Waals surface area contributed by atoms with Crippen molar-refractivity contribution in [1.82, 2.24) is 10.3 Å². The molecular formula is C23H24FN3O2S. The fourth-order valence-corrected chi connectivity index (χ4v) is 6.18. The van der Waals surface area contributed by atoms with Crippen molar-refractivity contribution in [3.8, 4) is 5.75 Å². The van der Waals surface area contributed by atoms with Crippen LogP contribution in [0.4, 0.5) is 14.3 Å². The number of phenolic OH excluding ortho intramolecular Hbond substituents is 1. The number of nitrogens with one attached hydrogen (secondary N) is 2. The number of phenols is 1. The van der Waals surface area contributed by atoms with E-state index in [1.807, 2.05) is 12.1 Å². The number of carbonyl (C=O) groups is 1. The van der Waals surface area contributed by atoms with Gasteiger partial charge in [0, 0.05) is 17.5 Å². The molecule has 1 saturated carbocycles. The summed E-state index contributed by atoms with van der Waals surface area (Å²) in [6.07, 6.45) is 2.93. The number of fused-ring (bicyclic) bond motifs is 5. The zero-order valence-corrected chi connectivity index (χ0v) is 17.7. The molecule has 4 unspecified atom stereocenters. The topological polar surface area (TPSA) is 74.2 Å². The van der Waals surface area contributed by atoms with Crippen LogP contribution in [-0.4, -0.2) is 22.2 Å². The number of amides is 2. The van der Waals surface area contributed by atoms with Gasteiger partial charge in [-0.25, -0.2) is 14.2 Å². The molecule has 0 aliphatic heterocycles. The highest BCUT2D eigenvalue weighted by atomic mass is 32.1. The van der Waals surface area contributed by atoms with Crippen molar-refractivity contribution in [2.75, 3.05) is 5.32 Å². The van der Waals surface area contributed by atoms with E-state index in [0.717, 1.165) is 29.5 Å². The average molecular weight is 426 g/mol. The van der Waals surface area contributed by atoms with Crippen molar-refractivity contribution < 1.29 is 14.3 Å². The fraction of sp³-hybridized carbons (Fsp3) is 0.391. The minimum Gasteiger partial charge on any atom is -0.508 e. The molecule has 5 nitrogen and oxygen atoms in total. The third kappa shape index (κ3) is 3.12. The van der Waals surface area contributed by atoms with E-state index in [9.17, 15) is 14.3 Å². The maximum atomic E-state index is 13.4. The Hall–Kier alpha value is -2.67. The van der Waals surface area contributed by atoms with Gasteiger partial charge in [0.15, 0.2) is 5.13 Å². The number of aromatic hydroxyl groups is 1. The molecule has 1 aromatic heterocycles. The summed E-state index contributed by atoms with van der Waals surface area (Å²) in [5.74, 6) is 0.742. The molecule has 3 aromatic rings. The van der Waals surface area contributed by atoms with Crippen LogP contribution in [0.5, 0.6) is 5.75 Å². The third-order valence-corrected chi connectivity index (χ3v) is 7.94. The summed E-state index contributed by atoms with van der Waals surface area (Å²) in [7, 11) is 0. The number of halogens is 1.